The lowest BCUT2D eigenvalue weighted by Gasteiger charge is -2.10. The lowest BCUT2D eigenvalue weighted by Crippen LogP contribution is -2.33. The van der Waals surface area contributed by atoms with Crippen LogP contribution in [0.4, 0.5) is 13.2 Å². The SMILES string of the molecule is COc1c(Cl)cc(C(=O)NCC(F)(F)F)cc1Cl. The van der Waals surface area contributed by atoms with E-state index in [1.165, 1.54) is 19.2 Å². The Morgan fingerprint density at radius 1 is 1.33 bits per heavy atom. The van der Waals surface area contributed by atoms with Gasteiger partial charge in [-0.1, -0.05) is 23.2 Å². The summed E-state index contributed by atoms with van der Waals surface area (Å²) >= 11 is 11.5. The number of hydrogen-bond acceptors (Lipinski definition) is 2. The molecule has 0 heterocycles. The topological polar surface area (TPSA) is 38.3 Å². The summed E-state index contributed by atoms with van der Waals surface area (Å²) in [5, 5.41) is 1.80. The highest BCUT2D eigenvalue weighted by Gasteiger charge is 2.28. The summed E-state index contributed by atoms with van der Waals surface area (Å²) in [5.74, 6) is -0.760. The number of hydrogen-bond donors (Lipinski definition) is 1. The van der Waals surface area contributed by atoms with Gasteiger partial charge in [-0.3, -0.25) is 4.79 Å². The van der Waals surface area contributed by atoms with Gasteiger partial charge in [0, 0.05) is 5.56 Å². The van der Waals surface area contributed by atoms with Crippen molar-refractivity contribution in [3.63, 3.8) is 0 Å². The predicted octanol–water partition coefficient (Wildman–Crippen LogP) is 3.29. The maximum Gasteiger partial charge on any atom is 0.405 e. The number of amides is 1. The first-order chi connectivity index (χ1) is 8.24. The fraction of sp³-hybridized carbons (Fsp3) is 0.300. The Balaban J connectivity index is 2.88. The molecule has 100 valence electrons. The fourth-order valence-corrected chi connectivity index (χ4v) is 1.81. The largest absolute Gasteiger partial charge is 0.494 e. The summed E-state index contributed by atoms with van der Waals surface area (Å²) in [6.45, 7) is -1.42. The number of halogens is 5. The maximum atomic E-state index is 11.9. The van der Waals surface area contributed by atoms with Gasteiger partial charge >= 0.3 is 6.18 Å². The smallest absolute Gasteiger partial charge is 0.405 e. The van der Waals surface area contributed by atoms with E-state index in [2.05, 4.69) is 0 Å². The van der Waals surface area contributed by atoms with Crippen molar-refractivity contribution in [1.29, 1.82) is 0 Å². The van der Waals surface area contributed by atoms with Crippen LogP contribution >= 0.6 is 23.2 Å². The zero-order valence-electron chi connectivity index (χ0n) is 9.07. The lowest BCUT2D eigenvalue weighted by molar-refractivity contribution is -0.123. The van der Waals surface area contributed by atoms with Crippen LogP contribution in [-0.4, -0.2) is 25.7 Å². The maximum absolute atomic E-state index is 11.9. The van der Waals surface area contributed by atoms with Crippen LogP contribution < -0.4 is 10.1 Å². The van der Waals surface area contributed by atoms with Crippen LogP contribution in [0, 0.1) is 0 Å². The molecule has 1 aromatic rings. The van der Waals surface area contributed by atoms with Crippen molar-refractivity contribution in [1.82, 2.24) is 5.32 Å². The Morgan fingerprint density at radius 2 is 1.83 bits per heavy atom. The molecular formula is C10H8Cl2F3NO2. The van der Waals surface area contributed by atoms with Gasteiger partial charge in [-0.2, -0.15) is 13.2 Å². The molecule has 0 saturated heterocycles. The van der Waals surface area contributed by atoms with E-state index in [4.69, 9.17) is 27.9 Å². The van der Waals surface area contributed by atoms with Crippen LogP contribution in [0.2, 0.25) is 10.0 Å². The van der Waals surface area contributed by atoms with E-state index in [1.54, 1.807) is 5.32 Å². The quantitative estimate of drug-likeness (QED) is 0.930. The number of carbonyl (C=O) groups is 1. The minimum absolute atomic E-state index is 0.0437. The average molecular weight is 302 g/mol. The number of alkyl halides is 3. The van der Waals surface area contributed by atoms with Crippen molar-refractivity contribution in [3.8, 4) is 5.75 Å². The summed E-state index contributed by atoms with van der Waals surface area (Å²) in [4.78, 5) is 11.4. The number of carbonyl (C=O) groups excluding carboxylic acids is 1. The van der Waals surface area contributed by atoms with Crippen LogP contribution in [0.25, 0.3) is 0 Å². The fourth-order valence-electron chi connectivity index (χ4n) is 1.17. The minimum Gasteiger partial charge on any atom is -0.494 e. The number of rotatable bonds is 3. The molecule has 0 unspecified atom stereocenters. The summed E-state index contributed by atoms with van der Waals surface area (Å²) < 4.78 is 40.6. The molecule has 18 heavy (non-hydrogen) atoms. The number of benzene rings is 1. The summed E-state index contributed by atoms with van der Waals surface area (Å²) in [5.41, 5.74) is -0.0740. The zero-order chi connectivity index (χ0) is 13.9. The molecule has 0 saturated carbocycles. The standard InChI is InChI=1S/C10H8Cl2F3NO2/c1-18-8-6(11)2-5(3-7(8)12)9(17)16-4-10(13,14)15/h2-3H,4H2,1H3,(H,16,17). The zero-order valence-corrected chi connectivity index (χ0v) is 10.6. The van der Waals surface area contributed by atoms with Crippen LogP contribution in [0.5, 0.6) is 5.75 Å². The first-order valence-corrected chi connectivity index (χ1v) is 5.38. The molecule has 0 bridgehead atoms. The predicted molar refractivity (Wildman–Crippen MR) is 61.4 cm³/mol. The number of ether oxygens (including phenoxy) is 1. The monoisotopic (exact) mass is 301 g/mol. The van der Waals surface area contributed by atoms with E-state index >= 15 is 0 Å². The van der Waals surface area contributed by atoms with Crippen LogP contribution in [-0.2, 0) is 0 Å². The van der Waals surface area contributed by atoms with E-state index in [-0.39, 0.29) is 21.4 Å². The molecule has 3 nitrogen and oxygen atoms in total. The highest BCUT2D eigenvalue weighted by molar-refractivity contribution is 6.37. The second-order valence-electron chi connectivity index (χ2n) is 3.27. The third-order valence-electron chi connectivity index (χ3n) is 1.91. The first-order valence-electron chi connectivity index (χ1n) is 4.62. The van der Waals surface area contributed by atoms with Crippen molar-refractivity contribution < 1.29 is 22.7 Å². The van der Waals surface area contributed by atoms with Crippen LogP contribution in [0.1, 0.15) is 10.4 Å². The molecule has 1 amide bonds. The first kappa shape index (κ1) is 14.9. The summed E-state index contributed by atoms with van der Waals surface area (Å²) in [6, 6.07) is 2.36. The van der Waals surface area contributed by atoms with Crippen molar-refractivity contribution >= 4 is 29.1 Å². The van der Waals surface area contributed by atoms with Gasteiger partial charge in [0.15, 0.2) is 5.75 Å². The Kier molecular flexibility index (Phi) is 4.70. The molecule has 0 fully saturated rings. The second-order valence-corrected chi connectivity index (χ2v) is 4.09. The van der Waals surface area contributed by atoms with Gasteiger partial charge < -0.3 is 10.1 Å². The van der Waals surface area contributed by atoms with E-state index in [0.29, 0.717) is 0 Å². The van der Waals surface area contributed by atoms with Gasteiger partial charge in [-0.05, 0) is 12.1 Å². The van der Waals surface area contributed by atoms with Gasteiger partial charge in [-0.25, -0.2) is 0 Å². The summed E-state index contributed by atoms with van der Waals surface area (Å²) in [6.07, 6.45) is -4.48. The third kappa shape index (κ3) is 3.96. The average Bonchev–Trinajstić information content (AvgIpc) is 2.24. The van der Waals surface area contributed by atoms with Crippen molar-refractivity contribution in [2.75, 3.05) is 13.7 Å². The molecule has 0 aliphatic heterocycles. The van der Waals surface area contributed by atoms with Crippen LogP contribution in [0.3, 0.4) is 0 Å². The normalized spacial score (nSPS) is 11.2. The number of methoxy groups -OCH3 is 1. The third-order valence-corrected chi connectivity index (χ3v) is 2.48. The summed E-state index contributed by atoms with van der Waals surface area (Å²) in [7, 11) is 1.33. The number of nitrogens with one attached hydrogen (secondary N) is 1. The molecular weight excluding hydrogens is 294 g/mol. The Labute approximate surface area is 111 Å². The molecule has 8 heteroatoms. The molecule has 0 aliphatic rings. The molecule has 0 atom stereocenters. The molecule has 1 N–H and O–H groups in total. The van der Waals surface area contributed by atoms with Gasteiger partial charge in [0.25, 0.3) is 5.91 Å². The molecule has 0 aromatic heterocycles. The molecule has 1 rings (SSSR count). The Hall–Kier alpha value is -1.14. The highest BCUT2D eigenvalue weighted by atomic mass is 35.5. The Morgan fingerprint density at radius 3 is 2.22 bits per heavy atom. The minimum atomic E-state index is -4.48. The van der Waals surface area contributed by atoms with Crippen molar-refractivity contribution in [2.45, 2.75) is 6.18 Å². The van der Waals surface area contributed by atoms with E-state index < -0.39 is 18.6 Å². The molecule has 0 aliphatic carbocycles. The van der Waals surface area contributed by atoms with Crippen molar-refractivity contribution in [3.05, 3.63) is 27.7 Å². The lowest BCUT2D eigenvalue weighted by atomic mass is 10.2. The van der Waals surface area contributed by atoms with Gasteiger partial charge in [-0.15, -0.1) is 0 Å². The van der Waals surface area contributed by atoms with E-state index in [9.17, 15) is 18.0 Å². The highest BCUT2D eigenvalue weighted by Crippen LogP contribution is 2.33. The molecule has 1 aromatic carbocycles. The second kappa shape index (κ2) is 5.67. The molecule has 0 spiro atoms. The van der Waals surface area contributed by atoms with Gasteiger partial charge in [0.2, 0.25) is 0 Å². The van der Waals surface area contributed by atoms with Crippen LogP contribution in [0.15, 0.2) is 12.1 Å². The Bertz CT molecular complexity index is 440. The molecule has 0 radical (unpaired) electrons. The van der Waals surface area contributed by atoms with Gasteiger partial charge in [0.1, 0.15) is 6.54 Å². The van der Waals surface area contributed by atoms with Gasteiger partial charge in [0.05, 0.1) is 17.2 Å². The van der Waals surface area contributed by atoms with E-state index in [1.807, 2.05) is 0 Å². The van der Waals surface area contributed by atoms with E-state index in [0.717, 1.165) is 0 Å². The van der Waals surface area contributed by atoms with Crippen molar-refractivity contribution in [2.24, 2.45) is 0 Å².